The molecule has 0 aromatic carbocycles. The Morgan fingerprint density at radius 3 is 0.500 bits per heavy atom. The van der Waals surface area contributed by atoms with Crippen LogP contribution in [0.15, 0.2) is 0 Å². The van der Waals surface area contributed by atoms with Crippen molar-refractivity contribution in [2.24, 2.45) is 0 Å². The van der Waals surface area contributed by atoms with Crippen molar-refractivity contribution in [3.63, 3.8) is 0 Å². The van der Waals surface area contributed by atoms with E-state index in [2.05, 4.69) is 0 Å². The van der Waals surface area contributed by atoms with Crippen molar-refractivity contribution in [3.8, 4) is 0 Å². The second kappa shape index (κ2) is 96.9. The van der Waals surface area contributed by atoms with Gasteiger partial charge in [0.1, 0.15) is 0 Å². The van der Waals surface area contributed by atoms with Crippen LogP contribution in [0.1, 0.15) is 0 Å². The third kappa shape index (κ3) is 24.4. The second-order valence-electron chi connectivity index (χ2n) is 0. The third-order valence-corrected chi connectivity index (χ3v) is 0. The van der Waals surface area contributed by atoms with Gasteiger partial charge in [-0.15, -0.1) is 0 Å². The maximum absolute atomic E-state index is 0. The first-order valence-corrected chi connectivity index (χ1v) is 0. The molecule has 0 unspecified atom stereocenters. The summed E-state index contributed by atoms with van der Waals surface area (Å²) in [4.78, 5) is 0. The molecule has 0 aliphatic heterocycles. The van der Waals surface area contributed by atoms with Crippen molar-refractivity contribution in [3.05, 3.63) is 0 Å². The van der Waals surface area contributed by atoms with Crippen molar-refractivity contribution in [2.45, 2.75) is 0 Å². The molecule has 0 amide bonds. The molecule has 0 aromatic heterocycles. The molecule has 4 heteroatoms. The van der Waals surface area contributed by atoms with Crippen LogP contribution in [0, 0.1) is 0 Å². The van der Waals surface area contributed by atoms with Gasteiger partial charge in [-0.25, -0.2) is 0 Å². The van der Waals surface area contributed by atoms with Crippen LogP contribution < -0.4 is 0 Å². The normalized spacial score (nSPS) is 0. The fourth-order valence-electron chi connectivity index (χ4n) is 0. The summed E-state index contributed by atoms with van der Waals surface area (Å²) in [6.07, 6.45) is 0. The van der Waals surface area contributed by atoms with E-state index in [0.717, 1.165) is 0 Å². The molecule has 0 atom stereocenters. The van der Waals surface area contributed by atoms with Gasteiger partial charge in [-0.2, -0.15) is 0 Å². The van der Waals surface area contributed by atoms with Crippen LogP contribution in [0.5, 0.6) is 0 Å². The van der Waals surface area contributed by atoms with Crippen molar-refractivity contribution >= 4 is 30.4 Å². The molecule has 2 N–H and O–H groups in total. The van der Waals surface area contributed by atoms with Crippen LogP contribution in [0.4, 0.5) is 0 Å². The molecule has 0 saturated heterocycles. The summed E-state index contributed by atoms with van der Waals surface area (Å²) < 4.78 is 0. The minimum atomic E-state index is 0. The van der Waals surface area contributed by atoms with E-state index in [1.165, 1.54) is 0 Å². The third-order valence-electron chi connectivity index (χ3n) is 0. The summed E-state index contributed by atoms with van der Waals surface area (Å²) in [5.41, 5.74) is 0. The molecule has 0 spiro atoms. The molecule has 20 valence electrons. The van der Waals surface area contributed by atoms with Crippen LogP contribution >= 0.6 is 0 Å². The van der Waals surface area contributed by atoms with Gasteiger partial charge in [0.2, 0.25) is 0 Å². The van der Waals surface area contributed by atoms with E-state index in [-0.39, 0.29) is 35.8 Å². The number of rotatable bonds is 0. The van der Waals surface area contributed by atoms with E-state index in [1.54, 1.807) is 0 Å². The minimum absolute atomic E-state index is 0. The molecule has 0 aliphatic rings. The molecule has 4 heavy (non-hydrogen) atoms. The Morgan fingerprint density at radius 1 is 0.500 bits per heavy atom. The summed E-state index contributed by atoms with van der Waals surface area (Å²) >= 11 is 0. The van der Waals surface area contributed by atoms with E-state index in [0.29, 0.717) is 0 Å². The van der Waals surface area contributed by atoms with Gasteiger partial charge in [0, 0.05) is 0 Å². The van der Waals surface area contributed by atoms with Gasteiger partial charge in [0.25, 0.3) is 0 Å². The van der Waals surface area contributed by atoms with Gasteiger partial charge in [0.05, 0.1) is 0 Å². The molecule has 0 fully saturated rings. The Balaban J connectivity index is 0. The molecule has 0 bridgehead atoms. The Labute approximate surface area is 36.7 Å². The van der Waals surface area contributed by atoms with Gasteiger partial charge in [-0.05, 0) is 0 Å². The zero-order chi connectivity index (χ0) is 0. The fraction of sp³-hybridized carbons (Fsp3) is 0. The standard InChI is InChI=1S/3Be.H2O.6H/h;;;1H2;;;;;;. The predicted molar refractivity (Wildman–Crippen MR) is 29.2 cm³/mol. The molecule has 0 aliphatic carbocycles. The van der Waals surface area contributed by atoms with Crippen molar-refractivity contribution in [2.75, 3.05) is 0 Å². The summed E-state index contributed by atoms with van der Waals surface area (Å²) in [7, 11) is 0. The van der Waals surface area contributed by atoms with Crippen LogP contribution in [-0.2, 0) is 0 Å². The van der Waals surface area contributed by atoms with Crippen LogP contribution in [-0.4, -0.2) is 35.8 Å². The van der Waals surface area contributed by atoms with E-state index in [9.17, 15) is 0 Å². The number of hydrogen-bond acceptors (Lipinski definition) is 0. The SMILES string of the molecule is O.[BeH2].[BeH2].[BeH2]. The fourth-order valence-corrected chi connectivity index (χ4v) is 0. The van der Waals surface area contributed by atoms with Gasteiger partial charge < -0.3 is 5.48 Å². The number of hydrogen-bond donors (Lipinski definition) is 0. The van der Waals surface area contributed by atoms with E-state index < -0.39 is 0 Å². The summed E-state index contributed by atoms with van der Waals surface area (Å²) in [6.45, 7) is 0. The van der Waals surface area contributed by atoms with Gasteiger partial charge in [-0.3, -0.25) is 0 Å². The predicted octanol–water partition coefficient (Wildman–Crippen LogP) is -3.57. The Hall–Kier alpha value is 0.466. The molecular weight excluding hydrogens is 43.0 g/mol. The molecular formula is H8Be3O. The zero-order valence-electron chi connectivity index (χ0n) is 0.500. The Kier molecular flexibility index (Phi) is 5980. The molecule has 0 rings (SSSR count). The summed E-state index contributed by atoms with van der Waals surface area (Å²) in [5, 5.41) is 0. The van der Waals surface area contributed by atoms with Crippen molar-refractivity contribution < 1.29 is 5.48 Å². The quantitative estimate of drug-likeness (QED) is 0.255. The maximum atomic E-state index is 0. The van der Waals surface area contributed by atoms with E-state index >= 15 is 0 Å². The first-order chi connectivity index (χ1) is 0. The first kappa shape index (κ1) is 247. The monoisotopic (exact) mass is 51.1 g/mol. The molecule has 1 nitrogen and oxygen atoms in total. The van der Waals surface area contributed by atoms with Crippen LogP contribution in [0.3, 0.4) is 0 Å². The Morgan fingerprint density at radius 2 is 0.500 bits per heavy atom. The summed E-state index contributed by atoms with van der Waals surface area (Å²) in [6, 6.07) is 0. The molecule has 0 saturated carbocycles. The molecule has 0 radical (unpaired) electrons. The average Bonchev–Trinajstić information content (AvgIpc) is 0. The van der Waals surface area contributed by atoms with Gasteiger partial charge in [-0.1, -0.05) is 0 Å². The summed E-state index contributed by atoms with van der Waals surface area (Å²) in [5.74, 6) is 0. The van der Waals surface area contributed by atoms with Gasteiger partial charge in [0.15, 0.2) is 0 Å². The zero-order valence-corrected chi connectivity index (χ0v) is 0.500. The van der Waals surface area contributed by atoms with Crippen molar-refractivity contribution in [1.82, 2.24) is 0 Å². The second-order valence-corrected chi connectivity index (χ2v) is 0. The first-order valence-electron chi connectivity index (χ1n) is 0. The molecule has 0 aromatic rings. The topological polar surface area (TPSA) is 31.5 Å². The van der Waals surface area contributed by atoms with Crippen LogP contribution in [0.2, 0.25) is 0 Å². The van der Waals surface area contributed by atoms with Gasteiger partial charge >= 0.3 is 30.4 Å². The van der Waals surface area contributed by atoms with E-state index in [1.807, 2.05) is 0 Å². The van der Waals surface area contributed by atoms with Crippen molar-refractivity contribution in [1.29, 1.82) is 0 Å². The van der Waals surface area contributed by atoms with E-state index in [4.69, 9.17) is 0 Å². The van der Waals surface area contributed by atoms with Crippen LogP contribution in [0.25, 0.3) is 0 Å². The Bertz CT molecular complexity index is 3.25. The molecule has 0 heterocycles. The average molecular weight is 51.1 g/mol.